The van der Waals surface area contributed by atoms with Gasteiger partial charge in [0.05, 0.1) is 19.3 Å². The molecule has 3 heterocycles. The van der Waals surface area contributed by atoms with Gasteiger partial charge in [0.2, 0.25) is 5.91 Å². The second kappa shape index (κ2) is 9.97. The van der Waals surface area contributed by atoms with Crippen LogP contribution in [0, 0.1) is 0 Å². The molecule has 2 fully saturated rings. The molecule has 1 aromatic heterocycles. The van der Waals surface area contributed by atoms with Crippen LogP contribution in [0.2, 0.25) is 0 Å². The summed E-state index contributed by atoms with van der Waals surface area (Å²) in [5, 5.41) is 5.42. The molecule has 32 heavy (non-hydrogen) atoms. The Morgan fingerprint density at radius 3 is 2.59 bits per heavy atom. The second-order valence-electron chi connectivity index (χ2n) is 8.07. The largest absolute Gasteiger partial charge is 0.379 e. The van der Waals surface area contributed by atoms with Gasteiger partial charge in [-0.25, -0.2) is 0 Å². The Labute approximate surface area is 187 Å². The number of aromatic nitrogens is 1. The fourth-order valence-electron chi connectivity index (χ4n) is 4.26. The highest BCUT2D eigenvalue weighted by Gasteiger charge is 2.26. The van der Waals surface area contributed by atoms with Crippen LogP contribution in [0.25, 0.3) is 0 Å². The maximum absolute atomic E-state index is 12.5. The molecule has 0 unspecified atom stereocenters. The number of hydrogen-bond acceptors (Lipinski definition) is 5. The van der Waals surface area contributed by atoms with Gasteiger partial charge in [-0.1, -0.05) is 6.07 Å². The van der Waals surface area contributed by atoms with Crippen molar-refractivity contribution in [3.05, 3.63) is 48.3 Å². The molecule has 2 aliphatic rings. The van der Waals surface area contributed by atoms with Gasteiger partial charge < -0.3 is 24.8 Å². The lowest BCUT2D eigenvalue weighted by atomic mass is 10.1. The van der Waals surface area contributed by atoms with Gasteiger partial charge in [-0.3, -0.25) is 19.3 Å². The fraction of sp³-hybridized carbons (Fsp3) is 0.435. The van der Waals surface area contributed by atoms with Crippen molar-refractivity contribution in [3.8, 4) is 0 Å². The number of benzene rings is 1. The zero-order chi connectivity index (χ0) is 22.5. The normalized spacial score (nSPS) is 17.9. The van der Waals surface area contributed by atoms with Crippen LogP contribution in [0.5, 0.6) is 0 Å². The van der Waals surface area contributed by atoms with E-state index in [2.05, 4.69) is 15.5 Å². The van der Waals surface area contributed by atoms with E-state index in [4.69, 9.17) is 4.74 Å². The summed E-state index contributed by atoms with van der Waals surface area (Å²) in [6.45, 7) is 3.79. The van der Waals surface area contributed by atoms with Crippen molar-refractivity contribution in [2.45, 2.75) is 18.9 Å². The Kier molecular flexibility index (Phi) is 6.87. The van der Waals surface area contributed by atoms with Gasteiger partial charge in [0.25, 0.3) is 0 Å². The minimum atomic E-state index is -0.734. The predicted molar refractivity (Wildman–Crippen MR) is 120 cm³/mol. The van der Waals surface area contributed by atoms with Crippen LogP contribution in [0.1, 0.15) is 24.6 Å². The molecule has 1 aromatic carbocycles. The number of hydrogen-bond donors (Lipinski definition) is 2. The number of rotatable bonds is 6. The lowest BCUT2D eigenvalue weighted by Crippen LogP contribution is -2.46. The summed E-state index contributed by atoms with van der Waals surface area (Å²) in [5.74, 6) is -1.36. The number of nitrogens with zero attached hydrogens (tertiary/aromatic N) is 3. The van der Waals surface area contributed by atoms with Crippen molar-refractivity contribution >= 4 is 29.1 Å². The summed E-state index contributed by atoms with van der Waals surface area (Å²) in [5.41, 5.74) is 2.27. The third-order valence-corrected chi connectivity index (χ3v) is 5.96. The van der Waals surface area contributed by atoms with Crippen LogP contribution in [-0.2, 0) is 26.2 Å². The van der Waals surface area contributed by atoms with E-state index in [1.54, 1.807) is 23.1 Å². The van der Waals surface area contributed by atoms with Crippen molar-refractivity contribution in [1.29, 1.82) is 0 Å². The number of amides is 3. The van der Waals surface area contributed by atoms with E-state index >= 15 is 0 Å². The highest BCUT2D eigenvalue weighted by atomic mass is 16.5. The Balaban J connectivity index is 1.38. The summed E-state index contributed by atoms with van der Waals surface area (Å²) in [4.78, 5) is 41.0. The summed E-state index contributed by atoms with van der Waals surface area (Å²) >= 11 is 0. The van der Waals surface area contributed by atoms with Crippen LogP contribution in [0.3, 0.4) is 0 Å². The third kappa shape index (κ3) is 5.00. The molecule has 2 N–H and O–H groups in total. The zero-order valence-corrected chi connectivity index (χ0v) is 18.3. The summed E-state index contributed by atoms with van der Waals surface area (Å²) in [6, 6.07) is 10.9. The Bertz CT molecular complexity index is 982. The molecule has 2 aliphatic heterocycles. The van der Waals surface area contributed by atoms with Gasteiger partial charge in [0.15, 0.2) is 0 Å². The minimum absolute atomic E-state index is 0.0554. The van der Waals surface area contributed by atoms with Crippen molar-refractivity contribution in [2.24, 2.45) is 7.05 Å². The summed E-state index contributed by atoms with van der Waals surface area (Å²) in [6.07, 6.45) is 3.32. The number of nitrogens with one attached hydrogen (secondary N) is 2. The molecule has 4 rings (SSSR count). The molecule has 3 amide bonds. The first kappa shape index (κ1) is 22.0. The Morgan fingerprint density at radius 1 is 1.09 bits per heavy atom. The maximum atomic E-state index is 12.5. The van der Waals surface area contributed by atoms with Gasteiger partial charge in [0, 0.05) is 62.9 Å². The number of morpholine rings is 1. The maximum Gasteiger partial charge on any atom is 0.313 e. The first-order valence-electron chi connectivity index (χ1n) is 11.0. The lowest BCUT2D eigenvalue weighted by Gasteiger charge is -2.34. The van der Waals surface area contributed by atoms with Gasteiger partial charge in [0.1, 0.15) is 0 Å². The molecule has 0 bridgehead atoms. The zero-order valence-electron chi connectivity index (χ0n) is 18.3. The van der Waals surface area contributed by atoms with Gasteiger partial charge in [-0.05, 0) is 36.8 Å². The number of aryl methyl sites for hydroxylation is 1. The first-order chi connectivity index (χ1) is 15.5. The molecular formula is C23H29N5O4. The smallest absolute Gasteiger partial charge is 0.313 e. The summed E-state index contributed by atoms with van der Waals surface area (Å²) < 4.78 is 7.48. The van der Waals surface area contributed by atoms with Crippen molar-refractivity contribution in [1.82, 2.24) is 14.8 Å². The molecule has 1 atom stereocenters. The molecular weight excluding hydrogens is 410 g/mol. The monoisotopic (exact) mass is 439 g/mol. The van der Waals surface area contributed by atoms with Gasteiger partial charge in [-0.15, -0.1) is 0 Å². The number of ether oxygens (including phenoxy) is 1. The van der Waals surface area contributed by atoms with Crippen LogP contribution in [0.15, 0.2) is 42.6 Å². The quantitative estimate of drug-likeness (QED) is 0.661. The van der Waals surface area contributed by atoms with E-state index in [9.17, 15) is 14.4 Å². The van der Waals surface area contributed by atoms with E-state index in [0.29, 0.717) is 38.4 Å². The van der Waals surface area contributed by atoms with E-state index < -0.39 is 11.8 Å². The average molecular weight is 440 g/mol. The topological polar surface area (TPSA) is 95.9 Å². The molecule has 0 saturated carbocycles. The van der Waals surface area contributed by atoms with Gasteiger partial charge in [-0.2, -0.15) is 0 Å². The molecule has 2 aromatic rings. The highest BCUT2D eigenvalue weighted by molar-refractivity contribution is 6.39. The lowest BCUT2D eigenvalue weighted by molar-refractivity contribution is -0.136. The molecule has 2 saturated heterocycles. The molecule has 9 heteroatoms. The number of carbonyl (C=O) groups excluding carboxylic acids is 3. The SMILES string of the molecule is Cn1cccc1[C@H](CNC(=O)C(=O)Nc1cccc(N2CCCC2=O)c1)N1CCOCC1. The third-order valence-electron chi connectivity index (χ3n) is 5.96. The molecule has 0 radical (unpaired) electrons. The molecule has 0 spiro atoms. The van der Waals surface area contributed by atoms with E-state index in [-0.39, 0.29) is 11.9 Å². The second-order valence-corrected chi connectivity index (χ2v) is 8.07. The standard InChI is InChI=1S/C23H29N5O4/c1-26-9-3-7-19(26)20(27-11-13-32-14-12-27)16-24-22(30)23(31)25-17-5-2-6-18(15-17)28-10-4-8-21(28)29/h2-3,5-7,9,15,20H,4,8,10-14,16H2,1H3,(H,24,30)(H,25,31)/t20-/m0/s1. The van der Waals surface area contributed by atoms with Gasteiger partial charge >= 0.3 is 11.8 Å². The van der Waals surface area contributed by atoms with Crippen LogP contribution in [-0.4, -0.2) is 66.6 Å². The van der Waals surface area contributed by atoms with E-state index in [1.807, 2.05) is 36.0 Å². The van der Waals surface area contributed by atoms with E-state index in [0.717, 1.165) is 30.9 Å². The first-order valence-corrected chi connectivity index (χ1v) is 11.0. The van der Waals surface area contributed by atoms with Crippen LogP contribution >= 0.6 is 0 Å². The summed E-state index contributed by atoms with van der Waals surface area (Å²) in [7, 11) is 1.97. The molecule has 0 aliphatic carbocycles. The number of carbonyl (C=O) groups is 3. The van der Waals surface area contributed by atoms with Crippen LogP contribution < -0.4 is 15.5 Å². The molecule has 170 valence electrons. The fourth-order valence-corrected chi connectivity index (χ4v) is 4.26. The van der Waals surface area contributed by atoms with E-state index in [1.165, 1.54) is 0 Å². The molecule has 9 nitrogen and oxygen atoms in total. The highest BCUT2D eigenvalue weighted by Crippen LogP contribution is 2.24. The number of anilines is 2. The average Bonchev–Trinajstić information content (AvgIpc) is 3.43. The predicted octanol–water partition coefficient (Wildman–Crippen LogP) is 1.28. The van der Waals surface area contributed by atoms with Crippen LogP contribution in [0.4, 0.5) is 11.4 Å². The Hall–Kier alpha value is -3.17. The van der Waals surface area contributed by atoms with Crippen molar-refractivity contribution in [3.63, 3.8) is 0 Å². The minimum Gasteiger partial charge on any atom is -0.379 e. The van der Waals surface area contributed by atoms with Crippen molar-refractivity contribution in [2.75, 3.05) is 49.6 Å². The van der Waals surface area contributed by atoms with Crippen molar-refractivity contribution < 1.29 is 19.1 Å². The Morgan fingerprint density at radius 2 is 1.91 bits per heavy atom.